The van der Waals surface area contributed by atoms with E-state index in [1.165, 1.54) is 27.9 Å². The van der Waals surface area contributed by atoms with Crippen molar-refractivity contribution in [1.82, 2.24) is 0 Å². The number of hydrogen-bond donors (Lipinski definition) is 0. The average Bonchev–Trinajstić information content (AvgIpc) is 3.12. The second-order valence-electron chi connectivity index (χ2n) is 18.2. The van der Waals surface area contributed by atoms with E-state index in [9.17, 15) is 34.0 Å². The van der Waals surface area contributed by atoms with E-state index in [0.29, 0.717) is 25.7 Å². The number of ketones is 2. The van der Waals surface area contributed by atoms with Gasteiger partial charge in [-0.25, -0.2) is 0 Å². The van der Waals surface area contributed by atoms with E-state index in [1.54, 1.807) is 0 Å². The van der Waals surface area contributed by atoms with Crippen molar-refractivity contribution in [3.8, 4) is 6.07 Å². The molecule has 6 rings (SSSR count). The van der Waals surface area contributed by atoms with E-state index in [-0.39, 0.29) is 76.6 Å². The van der Waals surface area contributed by atoms with Gasteiger partial charge in [0.1, 0.15) is 12.2 Å². The molecule has 3 saturated carbocycles. The summed E-state index contributed by atoms with van der Waals surface area (Å²) >= 11 is 0. The highest BCUT2D eigenvalue weighted by molar-refractivity contribution is 6.04. The van der Waals surface area contributed by atoms with Crippen LogP contribution >= 0.6 is 0 Å². The molecule has 0 amide bonds. The molecule has 4 fully saturated rings. The maximum absolute atomic E-state index is 14.6. The van der Waals surface area contributed by atoms with Crippen LogP contribution in [-0.4, -0.2) is 67.7 Å². The Bertz CT molecular complexity index is 1700. The van der Waals surface area contributed by atoms with Crippen LogP contribution in [0.4, 0.5) is 0 Å². The van der Waals surface area contributed by atoms with E-state index in [1.807, 2.05) is 39.8 Å². The van der Waals surface area contributed by atoms with Crippen LogP contribution in [-0.2, 0) is 52.5 Å². The van der Waals surface area contributed by atoms with Crippen molar-refractivity contribution in [3.63, 3.8) is 0 Å². The minimum absolute atomic E-state index is 0.000964. The van der Waals surface area contributed by atoms with E-state index >= 15 is 0 Å². The summed E-state index contributed by atoms with van der Waals surface area (Å²) in [5.74, 6) is -2.46. The summed E-state index contributed by atoms with van der Waals surface area (Å²) < 4.78 is 26.8. The predicted molar refractivity (Wildman–Crippen MR) is 205 cm³/mol. The van der Waals surface area contributed by atoms with E-state index < -0.39 is 46.7 Å². The predicted octanol–water partition coefficient (Wildman–Crippen LogP) is 7.17. The second-order valence-corrected chi connectivity index (χ2v) is 18.2. The third-order valence-electron chi connectivity index (χ3n) is 13.9. The van der Waals surface area contributed by atoms with Gasteiger partial charge >= 0.3 is 23.9 Å². The number of nitrogens with zero attached hydrogens (tertiary/aromatic N) is 1. The molecule has 12 nitrogen and oxygen atoms in total. The van der Waals surface area contributed by atoms with Crippen LogP contribution in [0.3, 0.4) is 0 Å². The van der Waals surface area contributed by atoms with Gasteiger partial charge in [-0.2, -0.15) is 5.26 Å². The normalized spacial score (nSPS) is 37.4. The van der Waals surface area contributed by atoms with Gasteiger partial charge in [0.2, 0.25) is 6.29 Å². The summed E-state index contributed by atoms with van der Waals surface area (Å²) in [6, 6.07) is 2.15. The maximum atomic E-state index is 14.6. The number of nitriles is 1. The quantitative estimate of drug-likeness (QED) is 0.208. The first-order valence-electron chi connectivity index (χ1n) is 20.2. The smallest absolute Gasteiger partial charge is 0.314 e. The Kier molecular flexibility index (Phi) is 13.3. The lowest BCUT2D eigenvalue weighted by Crippen LogP contribution is -2.62. The molecular weight excluding hydrogens is 718 g/mol. The van der Waals surface area contributed by atoms with Gasteiger partial charge in [-0.15, -0.1) is 0 Å². The number of allylic oxidation sites excluding steroid dienone is 4. The maximum Gasteiger partial charge on any atom is 0.314 e. The minimum atomic E-state index is -0.994. The SMILES string of the molecule is CC.CC(=O)OC1CC(OC(=O)[C@@]23CCC4C(C(=O)C=C5[C@@]6(C)C=C(C#N)C(=O)C(C)(C)C6CC[C@]54C)C2CC(C)(C)CC3)OC[C@@H]1OC(C)=O.COC(C)=O. The van der Waals surface area contributed by atoms with Crippen LogP contribution in [0.15, 0.2) is 23.3 Å². The van der Waals surface area contributed by atoms with E-state index in [0.717, 1.165) is 24.8 Å². The van der Waals surface area contributed by atoms with Gasteiger partial charge < -0.3 is 23.7 Å². The standard InChI is InChI=1S/C39H51NO9.C3H6O2.C2H6/c1-21(41)47-27-16-31(46-20-28(27)48-22(2)42)49-34(45)39-12-9-24-32(25(39)18-35(3,4)13-14-39)26(43)15-30-37(24,7)11-10-29-36(5,6)33(44)23(19-40)17-38(29,30)8;1-3(4)5-2;1-2/h15,17,24-25,27-29,31-32H,9-14,16,18,20H2,1-8H3;1-2H3;1-2H3/t24?,25?,27?,28-,29?,31?,32?,37-,38-,39+;;/m0../s1. The number of Topliss-reactive ketones (excluding diaryl/α,β-unsaturated/α-hetero) is 1. The Morgan fingerprint density at radius 1 is 0.821 bits per heavy atom. The van der Waals surface area contributed by atoms with E-state index in [2.05, 4.69) is 38.5 Å². The lowest BCUT2D eigenvalue weighted by Gasteiger charge is -2.64. The Balaban J connectivity index is 0.000000922. The number of rotatable bonds is 4. The fourth-order valence-corrected chi connectivity index (χ4v) is 11.3. The number of hydrogen-bond acceptors (Lipinski definition) is 12. The summed E-state index contributed by atoms with van der Waals surface area (Å²) in [6.07, 6.45) is 6.05. The Hall–Kier alpha value is -3.85. The number of carbonyl (C=O) groups excluding carboxylic acids is 6. The molecule has 1 aliphatic heterocycles. The van der Waals surface area contributed by atoms with Crippen molar-refractivity contribution in [2.45, 2.75) is 146 Å². The van der Waals surface area contributed by atoms with Gasteiger partial charge in [-0.3, -0.25) is 28.8 Å². The van der Waals surface area contributed by atoms with Crippen LogP contribution < -0.4 is 0 Å². The van der Waals surface area contributed by atoms with Gasteiger partial charge in [-0.1, -0.05) is 67.0 Å². The summed E-state index contributed by atoms with van der Waals surface area (Å²) in [6.45, 7) is 20.5. The molecule has 0 bridgehead atoms. The van der Waals surface area contributed by atoms with Crippen molar-refractivity contribution < 1.29 is 52.5 Å². The van der Waals surface area contributed by atoms with Crippen LogP contribution in [0.5, 0.6) is 0 Å². The van der Waals surface area contributed by atoms with Gasteiger partial charge in [0.15, 0.2) is 17.7 Å². The van der Waals surface area contributed by atoms with Gasteiger partial charge in [0.05, 0.1) is 31.1 Å². The fourth-order valence-electron chi connectivity index (χ4n) is 11.3. The summed E-state index contributed by atoms with van der Waals surface area (Å²) in [4.78, 5) is 75.5. The third-order valence-corrected chi connectivity index (χ3v) is 13.9. The molecule has 310 valence electrons. The lowest BCUT2D eigenvalue weighted by atomic mass is 9.38. The first-order chi connectivity index (χ1) is 26.1. The van der Waals surface area contributed by atoms with Crippen molar-refractivity contribution in [2.24, 2.45) is 50.7 Å². The fraction of sp³-hybridized carbons (Fsp3) is 0.750. The molecule has 6 aliphatic rings. The number of carbonyl (C=O) groups is 6. The highest BCUT2D eigenvalue weighted by Crippen LogP contribution is 2.70. The molecule has 10 atom stereocenters. The molecular formula is C44H63NO11. The Morgan fingerprint density at radius 2 is 1.43 bits per heavy atom. The van der Waals surface area contributed by atoms with Crippen molar-refractivity contribution in [3.05, 3.63) is 23.3 Å². The van der Waals surface area contributed by atoms with Crippen molar-refractivity contribution in [1.29, 1.82) is 5.26 Å². The first kappa shape index (κ1) is 44.9. The zero-order chi connectivity index (χ0) is 42.2. The highest BCUT2D eigenvalue weighted by atomic mass is 16.7. The molecule has 0 radical (unpaired) electrons. The first-order valence-corrected chi connectivity index (χ1v) is 20.2. The van der Waals surface area contributed by atoms with Crippen LogP contribution in [0, 0.1) is 62.1 Å². The molecule has 12 heteroatoms. The van der Waals surface area contributed by atoms with Crippen molar-refractivity contribution >= 4 is 35.4 Å². The molecule has 5 aliphatic carbocycles. The molecule has 0 aromatic heterocycles. The van der Waals surface area contributed by atoms with Crippen LogP contribution in [0.25, 0.3) is 0 Å². The Morgan fingerprint density at radius 3 is 2.00 bits per heavy atom. The second kappa shape index (κ2) is 16.6. The van der Waals surface area contributed by atoms with Crippen LogP contribution in [0.1, 0.15) is 128 Å². The molecule has 0 spiro atoms. The number of methoxy groups -OCH3 is 1. The molecule has 56 heavy (non-hydrogen) atoms. The zero-order valence-electron chi connectivity index (χ0n) is 35.5. The van der Waals surface area contributed by atoms with E-state index in [4.69, 9.17) is 18.9 Å². The summed E-state index contributed by atoms with van der Waals surface area (Å²) in [5.41, 5.74) is -1.46. The average molecular weight is 782 g/mol. The topological polar surface area (TPSA) is 172 Å². The number of fused-ring (bicyclic) bond motifs is 7. The monoisotopic (exact) mass is 781 g/mol. The lowest BCUT2D eigenvalue weighted by molar-refractivity contribution is -0.240. The molecule has 6 unspecified atom stereocenters. The number of esters is 4. The minimum Gasteiger partial charge on any atom is -0.469 e. The number of ether oxygens (including phenoxy) is 5. The molecule has 0 aromatic carbocycles. The third kappa shape index (κ3) is 8.12. The summed E-state index contributed by atoms with van der Waals surface area (Å²) in [7, 11) is 1.35. The largest absolute Gasteiger partial charge is 0.469 e. The van der Waals surface area contributed by atoms with Crippen molar-refractivity contribution in [2.75, 3.05) is 13.7 Å². The Labute approximate surface area is 332 Å². The van der Waals surface area contributed by atoms with Gasteiger partial charge in [0.25, 0.3) is 0 Å². The summed E-state index contributed by atoms with van der Waals surface area (Å²) in [5, 5.41) is 9.96. The van der Waals surface area contributed by atoms with Gasteiger partial charge in [-0.05, 0) is 79.6 Å². The molecule has 1 heterocycles. The molecule has 0 N–H and O–H groups in total. The molecule has 0 aromatic rings. The zero-order valence-corrected chi connectivity index (χ0v) is 35.5. The van der Waals surface area contributed by atoms with Gasteiger partial charge in [0, 0.05) is 37.5 Å². The molecule has 1 saturated heterocycles. The highest BCUT2D eigenvalue weighted by Gasteiger charge is 2.67. The van der Waals surface area contributed by atoms with Crippen LogP contribution in [0.2, 0.25) is 0 Å².